The van der Waals surface area contributed by atoms with Gasteiger partial charge < -0.3 is 35.2 Å². The fraction of sp³-hybridized carbons (Fsp3) is 0.421. The topological polar surface area (TPSA) is 155 Å². The number of rotatable bonds is 6. The molecule has 0 unspecified atom stereocenters. The van der Waals surface area contributed by atoms with Gasteiger partial charge in [-0.1, -0.05) is 12.1 Å². The van der Waals surface area contributed by atoms with E-state index in [-0.39, 0.29) is 0 Å². The Labute approximate surface area is 171 Å². The van der Waals surface area contributed by atoms with E-state index in [1.165, 1.54) is 17.2 Å². The van der Waals surface area contributed by atoms with Crippen LogP contribution in [0.1, 0.15) is 11.8 Å². The number of hydrogen-bond acceptors (Lipinski definition) is 10. The Hall–Kier alpha value is -2.83. The number of anilines is 1. The number of hydrogen-bond donors (Lipinski definition) is 5. The van der Waals surface area contributed by atoms with Gasteiger partial charge in [-0.15, -0.1) is 0 Å². The molecular formula is C19H23N5O6. The third-order valence-corrected chi connectivity index (χ3v) is 5.09. The molecule has 1 aliphatic heterocycles. The average Bonchev–Trinajstić information content (AvgIpc) is 3.21. The average molecular weight is 417 g/mol. The van der Waals surface area contributed by atoms with E-state index in [4.69, 9.17) is 9.47 Å². The standard InChI is InChI=1S/C19H23N5O6/c1-29-11-4-2-3-10(5-11)6-20-17-13-18(22-8-21-17)24(9-23-13)19-16(28)15(27)14(26)12(7-25)30-19/h2-5,8-9,12,14-16,19,25-28H,6-7H2,1H3,(H,20,21,22)/t12-,14-,15+,16-,19+/m1/s1. The van der Waals surface area contributed by atoms with E-state index in [1.807, 2.05) is 24.3 Å². The van der Waals surface area contributed by atoms with E-state index in [0.717, 1.165) is 11.3 Å². The lowest BCUT2D eigenvalue weighted by molar-refractivity contribution is -0.250. The maximum Gasteiger partial charge on any atom is 0.167 e. The Morgan fingerprint density at radius 2 is 1.97 bits per heavy atom. The first-order valence-electron chi connectivity index (χ1n) is 9.38. The van der Waals surface area contributed by atoms with Gasteiger partial charge in [0.05, 0.1) is 20.0 Å². The van der Waals surface area contributed by atoms with Crippen molar-refractivity contribution in [2.45, 2.75) is 37.2 Å². The monoisotopic (exact) mass is 417 g/mol. The maximum atomic E-state index is 10.4. The number of nitrogens with zero attached hydrogens (tertiary/aromatic N) is 4. The number of fused-ring (bicyclic) bond motifs is 1. The third kappa shape index (κ3) is 3.68. The molecule has 0 radical (unpaired) electrons. The molecule has 30 heavy (non-hydrogen) atoms. The van der Waals surface area contributed by atoms with Crippen LogP contribution in [-0.2, 0) is 11.3 Å². The molecule has 1 saturated heterocycles. The van der Waals surface area contributed by atoms with E-state index in [2.05, 4.69) is 20.3 Å². The maximum absolute atomic E-state index is 10.4. The summed E-state index contributed by atoms with van der Waals surface area (Å²) >= 11 is 0. The van der Waals surface area contributed by atoms with Crippen molar-refractivity contribution >= 4 is 17.0 Å². The minimum absolute atomic E-state index is 0.363. The summed E-state index contributed by atoms with van der Waals surface area (Å²) in [4.78, 5) is 12.8. The van der Waals surface area contributed by atoms with Crippen molar-refractivity contribution in [3.8, 4) is 5.75 Å². The van der Waals surface area contributed by atoms with Gasteiger partial charge in [-0.05, 0) is 17.7 Å². The van der Waals surface area contributed by atoms with Gasteiger partial charge in [-0.2, -0.15) is 0 Å². The second-order valence-corrected chi connectivity index (χ2v) is 6.97. The Bertz CT molecular complexity index is 1010. The highest BCUT2D eigenvalue weighted by Gasteiger charge is 2.44. The largest absolute Gasteiger partial charge is 0.497 e. The molecule has 5 atom stereocenters. The molecule has 0 aliphatic carbocycles. The number of benzene rings is 1. The molecule has 160 valence electrons. The van der Waals surface area contributed by atoms with Crippen molar-refractivity contribution in [3.05, 3.63) is 42.5 Å². The van der Waals surface area contributed by atoms with Gasteiger partial charge >= 0.3 is 0 Å². The van der Waals surface area contributed by atoms with E-state index >= 15 is 0 Å². The summed E-state index contributed by atoms with van der Waals surface area (Å²) in [7, 11) is 1.60. The molecule has 3 aromatic rings. The van der Waals surface area contributed by atoms with Crippen molar-refractivity contribution in [1.29, 1.82) is 0 Å². The van der Waals surface area contributed by atoms with E-state index in [1.54, 1.807) is 7.11 Å². The van der Waals surface area contributed by atoms with E-state index < -0.39 is 37.3 Å². The minimum Gasteiger partial charge on any atom is -0.497 e. The highest BCUT2D eigenvalue weighted by atomic mass is 16.6. The van der Waals surface area contributed by atoms with Crippen LogP contribution >= 0.6 is 0 Å². The molecule has 5 N–H and O–H groups in total. The number of nitrogens with one attached hydrogen (secondary N) is 1. The SMILES string of the molecule is COc1cccc(CNc2ncnc3c2ncn3[C@H]2O[C@H](CO)[C@@H](O)[C@H](O)[C@H]2O)c1. The number of imidazole rings is 1. The van der Waals surface area contributed by atoms with Gasteiger partial charge in [0.1, 0.15) is 36.5 Å². The zero-order valence-corrected chi connectivity index (χ0v) is 16.2. The Kier molecular flexibility index (Phi) is 5.79. The van der Waals surface area contributed by atoms with Crippen LogP contribution in [0.25, 0.3) is 11.2 Å². The molecule has 2 aromatic heterocycles. The summed E-state index contributed by atoms with van der Waals surface area (Å²) in [5.41, 5.74) is 1.79. The molecule has 1 aliphatic rings. The molecule has 0 amide bonds. The first-order chi connectivity index (χ1) is 14.5. The predicted octanol–water partition coefficient (Wildman–Crippen LogP) is -0.581. The van der Waals surface area contributed by atoms with Crippen LogP contribution < -0.4 is 10.1 Å². The molecule has 0 saturated carbocycles. The highest BCUT2D eigenvalue weighted by Crippen LogP contribution is 2.31. The van der Waals surface area contributed by atoms with Gasteiger partial charge in [0.15, 0.2) is 23.2 Å². The van der Waals surface area contributed by atoms with Crippen LogP contribution in [0.15, 0.2) is 36.9 Å². The smallest absolute Gasteiger partial charge is 0.167 e. The zero-order chi connectivity index (χ0) is 21.3. The molecule has 0 spiro atoms. The second kappa shape index (κ2) is 8.50. The number of aromatic nitrogens is 4. The zero-order valence-electron chi connectivity index (χ0n) is 16.2. The lowest BCUT2D eigenvalue weighted by atomic mass is 9.98. The van der Waals surface area contributed by atoms with Crippen LogP contribution in [0.5, 0.6) is 5.75 Å². The van der Waals surface area contributed by atoms with Crippen LogP contribution in [0.4, 0.5) is 5.82 Å². The van der Waals surface area contributed by atoms with Gasteiger partial charge in [0.2, 0.25) is 0 Å². The molecule has 11 nitrogen and oxygen atoms in total. The van der Waals surface area contributed by atoms with E-state index in [0.29, 0.717) is 23.5 Å². The van der Waals surface area contributed by atoms with Crippen molar-refractivity contribution in [2.24, 2.45) is 0 Å². The Balaban J connectivity index is 1.60. The number of methoxy groups -OCH3 is 1. The summed E-state index contributed by atoms with van der Waals surface area (Å²) in [5, 5.41) is 43.0. The van der Waals surface area contributed by atoms with Gasteiger partial charge in [-0.3, -0.25) is 4.57 Å². The van der Waals surface area contributed by atoms with Crippen molar-refractivity contribution in [3.63, 3.8) is 0 Å². The Morgan fingerprint density at radius 3 is 2.73 bits per heavy atom. The fourth-order valence-electron chi connectivity index (χ4n) is 3.45. The predicted molar refractivity (Wildman–Crippen MR) is 105 cm³/mol. The van der Waals surface area contributed by atoms with Crippen LogP contribution in [0.3, 0.4) is 0 Å². The second-order valence-electron chi connectivity index (χ2n) is 6.97. The van der Waals surface area contributed by atoms with Crippen LogP contribution in [0, 0.1) is 0 Å². The molecule has 11 heteroatoms. The molecule has 4 rings (SSSR count). The lowest BCUT2D eigenvalue weighted by Gasteiger charge is -2.40. The minimum atomic E-state index is -1.49. The van der Waals surface area contributed by atoms with Gasteiger partial charge in [0, 0.05) is 6.54 Å². The number of ether oxygens (including phenoxy) is 2. The summed E-state index contributed by atoms with van der Waals surface area (Å²) < 4.78 is 12.3. The lowest BCUT2D eigenvalue weighted by Crippen LogP contribution is -2.56. The van der Waals surface area contributed by atoms with Crippen molar-refractivity contribution in [2.75, 3.05) is 19.0 Å². The molecule has 0 bridgehead atoms. The molecule has 1 fully saturated rings. The Morgan fingerprint density at radius 1 is 1.13 bits per heavy atom. The summed E-state index contributed by atoms with van der Waals surface area (Å²) in [6.45, 7) is -0.0490. The third-order valence-electron chi connectivity index (χ3n) is 5.09. The molecule has 1 aromatic carbocycles. The first kappa shape index (κ1) is 20.4. The number of aliphatic hydroxyl groups excluding tert-OH is 4. The van der Waals surface area contributed by atoms with Crippen LogP contribution in [0.2, 0.25) is 0 Å². The fourth-order valence-corrected chi connectivity index (χ4v) is 3.45. The van der Waals surface area contributed by atoms with Crippen molar-refractivity contribution < 1.29 is 29.9 Å². The highest BCUT2D eigenvalue weighted by molar-refractivity contribution is 5.82. The van der Waals surface area contributed by atoms with E-state index in [9.17, 15) is 20.4 Å². The first-order valence-corrected chi connectivity index (χ1v) is 9.38. The summed E-state index contributed by atoms with van der Waals surface area (Å²) in [5.74, 6) is 1.22. The summed E-state index contributed by atoms with van der Waals surface area (Å²) in [6, 6.07) is 7.59. The number of aliphatic hydroxyl groups is 4. The normalized spacial score (nSPS) is 26.6. The van der Waals surface area contributed by atoms with Crippen LogP contribution in [-0.4, -0.2) is 78.1 Å². The molecule has 3 heterocycles. The summed E-state index contributed by atoms with van der Waals surface area (Å²) in [6.07, 6.45) is -3.74. The quantitative estimate of drug-likeness (QED) is 0.352. The van der Waals surface area contributed by atoms with Gasteiger partial charge in [-0.25, -0.2) is 15.0 Å². The van der Waals surface area contributed by atoms with Crippen molar-refractivity contribution in [1.82, 2.24) is 19.5 Å². The van der Waals surface area contributed by atoms with Gasteiger partial charge in [0.25, 0.3) is 0 Å². The molecular weight excluding hydrogens is 394 g/mol.